The molecule has 1 N–H and O–H groups in total. The summed E-state index contributed by atoms with van der Waals surface area (Å²) in [6, 6.07) is 11.6. The number of esters is 1. The third kappa shape index (κ3) is 3.78. The first kappa shape index (κ1) is 15.9. The number of alkyl halides is 3. The van der Waals surface area contributed by atoms with E-state index >= 15 is 0 Å². The van der Waals surface area contributed by atoms with Crippen LogP contribution in [0.2, 0.25) is 0 Å². The number of halogens is 3. The van der Waals surface area contributed by atoms with Crippen LogP contribution < -0.4 is 5.32 Å². The second-order valence-corrected chi connectivity index (χ2v) is 4.58. The molecule has 0 atom stereocenters. The average molecular weight is 309 g/mol. The molecule has 22 heavy (non-hydrogen) atoms. The highest BCUT2D eigenvalue weighted by atomic mass is 19.4. The van der Waals surface area contributed by atoms with Gasteiger partial charge in [-0.1, -0.05) is 18.2 Å². The maximum absolute atomic E-state index is 12.5. The molecule has 0 aliphatic rings. The Labute approximate surface area is 125 Å². The summed E-state index contributed by atoms with van der Waals surface area (Å²) < 4.78 is 42.1. The fourth-order valence-electron chi connectivity index (χ4n) is 1.96. The first-order valence-electron chi connectivity index (χ1n) is 6.49. The van der Waals surface area contributed by atoms with Gasteiger partial charge in [-0.15, -0.1) is 0 Å². The first-order chi connectivity index (χ1) is 10.4. The summed E-state index contributed by atoms with van der Waals surface area (Å²) in [5.41, 5.74) is 0.958. The molecule has 0 bridgehead atoms. The van der Waals surface area contributed by atoms with Gasteiger partial charge in [0, 0.05) is 12.2 Å². The third-order valence-corrected chi connectivity index (χ3v) is 3.12. The maximum atomic E-state index is 12.5. The van der Waals surface area contributed by atoms with E-state index in [4.69, 9.17) is 4.74 Å². The summed E-state index contributed by atoms with van der Waals surface area (Å²) in [6.07, 6.45) is -4.35. The summed E-state index contributed by atoms with van der Waals surface area (Å²) in [5, 5.41) is 2.98. The third-order valence-electron chi connectivity index (χ3n) is 3.12. The van der Waals surface area contributed by atoms with Crippen molar-refractivity contribution >= 4 is 11.7 Å². The number of anilines is 1. The van der Waals surface area contributed by atoms with Crippen LogP contribution >= 0.6 is 0 Å². The van der Waals surface area contributed by atoms with Crippen LogP contribution in [0.15, 0.2) is 48.5 Å². The first-order valence-corrected chi connectivity index (χ1v) is 6.49. The van der Waals surface area contributed by atoms with Crippen molar-refractivity contribution in [3.05, 3.63) is 65.2 Å². The topological polar surface area (TPSA) is 38.3 Å². The maximum Gasteiger partial charge on any atom is 0.416 e. The van der Waals surface area contributed by atoms with Crippen molar-refractivity contribution in [3.63, 3.8) is 0 Å². The number of hydrogen-bond acceptors (Lipinski definition) is 3. The van der Waals surface area contributed by atoms with Crippen LogP contribution in [0.4, 0.5) is 18.9 Å². The molecule has 0 aromatic heterocycles. The van der Waals surface area contributed by atoms with Gasteiger partial charge in [-0.25, -0.2) is 4.79 Å². The van der Waals surface area contributed by atoms with Gasteiger partial charge in [0.05, 0.1) is 18.2 Å². The smallest absolute Gasteiger partial charge is 0.416 e. The van der Waals surface area contributed by atoms with E-state index in [0.717, 1.165) is 12.1 Å². The Morgan fingerprint density at radius 3 is 2.32 bits per heavy atom. The van der Waals surface area contributed by atoms with Crippen LogP contribution in [0, 0.1) is 0 Å². The van der Waals surface area contributed by atoms with Gasteiger partial charge < -0.3 is 10.1 Å². The Balaban J connectivity index is 2.09. The average Bonchev–Trinajstić information content (AvgIpc) is 2.52. The van der Waals surface area contributed by atoms with Crippen molar-refractivity contribution in [1.82, 2.24) is 0 Å². The van der Waals surface area contributed by atoms with Crippen LogP contribution in [0.5, 0.6) is 0 Å². The van der Waals surface area contributed by atoms with Crippen LogP contribution in [0.3, 0.4) is 0 Å². The Morgan fingerprint density at radius 1 is 1.09 bits per heavy atom. The van der Waals surface area contributed by atoms with E-state index in [1.54, 1.807) is 24.3 Å². The molecule has 2 rings (SSSR count). The fourth-order valence-corrected chi connectivity index (χ4v) is 1.96. The Hall–Kier alpha value is -2.50. The highest BCUT2D eigenvalue weighted by Gasteiger charge is 2.29. The van der Waals surface area contributed by atoms with E-state index in [2.05, 4.69) is 5.32 Å². The largest absolute Gasteiger partial charge is 0.465 e. The zero-order valence-electron chi connectivity index (χ0n) is 11.8. The summed E-state index contributed by atoms with van der Waals surface area (Å²) >= 11 is 0. The Kier molecular flexibility index (Phi) is 4.70. The minimum atomic E-state index is -4.35. The lowest BCUT2D eigenvalue weighted by Gasteiger charge is -2.11. The Morgan fingerprint density at radius 2 is 1.73 bits per heavy atom. The number of carbonyl (C=O) groups is 1. The zero-order chi connectivity index (χ0) is 16.2. The molecule has 0 fully saturated rings. The molecule has 0 heterocycles. The van der Waals surface area contributed by atoms with Crippen LogP contribution in [-0.2, 0) is 17.5 Å². The molecule has 0 radical (unpaired) electrons. The molecule has 0 spiro atoms. The van der Waals surface area contributed by atoms with Gasteiger partial charge in [0.25, 0.3) is 0 Å². The molecule has 0 saturated heterocycles. The molecule has 0 amide bonds. The number of hydrogen-bond donors (Lipinski definition) is 1. The van der Waals surface area contributed by atoms with Crippen LogP contribution in [-0.4, -0.2) is 13.1 Å². The number of methoxy groups -OCH3 is 1. The van der Waals surface area contributed by atoms with Crippen molar-refractivity contribution in [2.24, 2.45) is 0 Å². The minimum absolute atomic E-state index is 0.302. The molecule has 2 aromatic carbocycles. The van der Waals surface area contributed by atoms with E-state index in [-0.39, 0.29) is 0 Å². The summed E-state index contributed by atoms with van der Waals surface area (Å²) in [7, 11) is 1.29. The van der Waals surface area contributed by atoms with Gasteiger partial charge in [0.1, 0.15) is 0 Å². The monoisotopic (exact) mass is 309 g/mol. The normalized spacial score (nSPS) is 11.1. The molecule has 0 aliphatic heterocycles. The number of rotatable bonds is 4. The molecule has 2 aromatic rings. The van der Waals surface area contributed by atoms with Crippen molar-refractivity contribution < 1.29 is 22.7 Å². The summed E-state index contributed by atoms with van der Waals surface area (Å²) in [6.45, 7) is 0.302. The zero-order valence-corrected chi connectivity index (χ0v) is 11.8. The predicted molar refractivity (Wildman–Crippen MR) is 76.6 cm³/mol. The van der Waals surface area contributed by atoms with E-state index in [9.17, 15) is 18.0 Å². The Bertz CT molecular complexity index is 651. The quantitative estimate of drug-likeness (QED) is 0.864. The van der Waals surface area contributed by atoms with Crippen molar-refractivity contribution in [1.29, 1.82) is 0 Å². The molecule has 0 aliphatic carbocycles. The molecule has 3 nitrogen and oxygen atoms in total. The second kappa shape index (κ2) is 6.51. The van der Waals surface area contributed by atoms with Gasteiger partial charge in [0.15, 0.2) is 0 Å². The second-order valence-electron chi connectivity index (χ2n) is 4.58. The standard InChI is InChI=1S/C16H14F3NO2/c1-22-15(21)14-5-3-2-4-11(14)10-20-13-8-6-12(7-9-13)16(17,18)19/h2-9,20H,10H2,1H3. The van der Waals surface area contributed by atoms with Crippen molar-refractivity contribution in [3.8, 4) is 0 Å². The van der Waals surface area contributed by atoms with E-state index in [0.29, 0.717) is 23.4 Å². The number of ether oxygens (including phenoxy) is 1. The fraction of sp³-hybridized carbons (Fsp3) is 0.188. The van der Waals surface area contributed by atoms with Crippen molar-refractivity contribution in [2.75, 3.05) is 12.4 Å². The van der Waals surface area contributed by atoms with Gasteiger partial charge in [0.2, 0.25) is 0 Å². The SMILES string of the molecule is COC(=O)c1ccccc1CNc1ccc(C(F)(F)F)cc1. The molecule has 0 saturated carbocycles. The lowest BCUT2D eigenvalue weighted by molar-refractivity contribution is -0.137. The van der Waals surface area contributed by atoms with Crippen molar-refractivity contribution in [2.45, 2.75) is 12.7 Å². The number of nitrogens with one attached hydrogen (secondary N) is 1. The number of benzene rings is 2. The minimum Gasteiger partial charge on any atom is -0.465 e. The summed E-state index contributed by atoms with van der Waals surface area (Å²) in [5.74, 6) is -0.454. The highest BCUT2D eigenvalue weighted by molar-refractivity contribution is 5.91. The molecule has 0 unspecified atom stereocenters. The van der Waals surface area contributed by atoms with Gasteiger partial charge in [-0.2, -0.15) is 13.2 Å². The van der Waals surface area contributed by atoms with Gasteiger partial charge in [-0.05, 0) is 35.9 Å². The van der Waals surface area contributed by atoms with E-state index in [1.165, 1.54) is 19.2 Å². The van der Waals surface area contributed by atoms with Gasteiger partial charge >= 0.3 is 12.1 Å². The number of carbonyl (C=O) groups excluding carboxylic acids is 1. The molecular weight excluding hydrogens is 295 g/mol. The summed E-state index contributed by atoms with van der Waals surface area (Å²) in [4.78, 5) is 11.6. The van der Waals surface area contributed by atoms with E-state index in [1.807, 2.05) is 0 Å². The van der Waals surface area contributed by atoms with E-state index < -0.39 is 17.7 Å². The highest BCUT2D eigenvalue weighted by Crippen LogP contribution is 2.29. The molecule has 116 valence electrons. The van der Waals surface area contributed by atoms with Crippen LogP contribution in [0.1, 0.15) is 21.5 Å². The van der Waals surface area contributed by atoms with Crippen LogP contribution in [0.25, 0.3) is 0 Å². The lowest BCUT2D eigenvalue weighted by Crippen LogP contribution is -2.09. The molecule has 6 heteroatoms. The lowest BCUT2D eigenvalue weighted by atomic mass is 10.1. The molecular formula is C16H14F3NO2. The predicted octanol–water partition coefficient (Wildman–Crippen LogP) is 4.10. The van der Waals surface area contributed by atoms with Gasteiger partial charge in [-0.3, -0.25) is 0 Å².